The largest absolute Gasteiger partial charge is 0.348 e. The monoisotopic (exact) mass is 321 g/mol. The lowest BCUT2D eigenvalue weighted by Crippen LogP contribution is -2.46. The lowest BCUT2D eigenvalue weighted by molar-refractivity contribution is -0.119. The number of nitrogens with zero attached hydrogens (tertiary/aromatic N) is 1. The Hall–Kier alpha value is -0.220. The summed E-state index contributed by atoms with van der Waals surface area (Å²) in [6.07, 6.45) is 4.16. The van der Waals surface area contributed by atoms with Crippen molar-refractivity contribution in [3.05, 3.63) is 0 Å². The molecule has 0 rings (SSSR count). The van der Waals surface area contributed by atoms with Crippen LogP contribution in [0.3, 0.4) is 0 Å². The first kappa shape index (κ1) is 20.8. The van der Waals surface area contributed by atoms with E-state index >= 15 is 0 Å². The molecule has 0 fully saturated rings. The molecule has 2 unspecified atom stereocenters. The van der Waals surface area contributed by atoms with Crippen LogP contribution in [0.5, 0.6) is 0 Å². The molecular weight excluding hydrogens is 289 g/mol. The van der Waals surface area contributed by atoms with Gasteiger partial charge in [0.05, 0.1) is 18.6 Å². The van der Waals surface area contributed by atoms with Crippen LogP contribution in [-0.2, 0) is 18.4 Å². The van der Waals surface area contributed by atoms with Crippen molar-refractivity contribution in [3.63, 3.8) is 0 Å². The fraction of sp³-hybridized carbons (Fsp3) is 0.933. The van der Waals surface area contributed by atoms with Gasteiger partial charge in [-0.1, -0.05) is 26.7 Å². The van der Waals surface area contributed by atoms with E-state index < -0.39 is 18.8 Å². The normalized spacial score (nSPS) is 16.7. The van der Waals surface area contributed by atoms with E-state index in [0.717, 1.165) is 19.1 Å². The standard InChI is InChI=1S/C15H32NO4P/c1-7-11-12-15(8-2,13-17)14(16(5)6)21(18,19-9-3)20-10-4/h13-14H,7-12H2,1-6H3. The zero-order chi connectivity index (χ0) is 16.5. The van der Waals surface area contributed by atoms with E-state index in [0.29, 0.717) is 26.1 Å². The molecule has 0 bridgehead atoms. The average molecular weight is 321 g/mol. The van der Waals surface area contributed by atoms with Gasteiger partial charge >= 0.3 is 7.60 Å². The highest BCUT2D eigenvalue weighted by Gasteiger charge is 2.51. The minimum atomic E-state index is -3.39. The highest BCUT2D eigenvalue weighted by molar-refractivity contribution is 7.54. The number of aldehydes is 1. The summed E-state index contributed by atoms with van der Waals surface area (Å²) < 4.78 is 24.3. The molecule has 0 aromatic rings. The van der Waals surface area contributed by atoms with E-state index in [1.54, 1.807) is 13.8 Å². The van der Waals surface area contributed by atoms with Gasteiger partial charge in [-0.15, -0.1) is 0 Å². The van der Waals surface area contributed by atoms with Crippen LogP contribution in [0.25, 0.3) is 0 Å². The second-order valence-corrected chi connectivity index (χ2v) is 7.61. The SMILES string of the molecule is CCCCC(C=O)(CC)C(N(C)C)P(=O)(OCC)OCC. The molecule has 126 valence electrons. The Morgan fingerprint density at radius 1 is 1.14 bits per heavy atom. The summed E-state index contributed by atoms with van der Waals surface area (Å²) in [5.41, 5.74) is -0.709. The van der Waals surface area contributed by atoms with Crippen molar-refractivity contribution in [2.45, 2.75) is 59.2 Å². The summed E-state index contributed by atoms with van der Waals surface area (Å²) in [4.78, 5) is 13.7. The Labute approximate surface area is 129 Å². The molecule has 5 nitrogen and oxygen atoms in total. The topological polar surface area (TPSA) is 55.8 Å². The van der Waals surface area contributed by atoms with E-state index in [4.69, 9.17) is 9.05 Å². The Kier molecular flexibility index (Phi) is 9.63. The van der Waals surface area contributed by atoms with Gasteiger partial charge in [0, 0.05) is 0 Å². The molecular formula is C15H32NO4P. The van der Waals surface area contributed by atoms with Gasteiger partial charge in [0.25, 0.3) is 0 Å². The average Bonchev–Trinajstić information content (AvgIpc) is 2.43. The number of carbonyl (C=O) groups excluding carboxylic acids is 1. The lowest BCUT2D eigenvalue weighted by atomic mass is 9.81. The molecule has 0 radical (unpaired) electrons. The summed E-state index contributed by atoms with van der Waals surface area (Å²) in [5.74, 6) is -0.557. The molecule has 0 aromatic carbocycles. The molecule has 0 saturated heterocycles. The van der Waals surface area contributed by atoms with Gasteiger partial charge in [-0.05, 0) is 40.8 Å². The fourth-order valence-corrected chi connectivity index (χ4v) is 5.49. The number of rotatable bonds is 12. The van der Waals surface area contributed by atoms with Crippen LogP contribution >= 0.6 is 7.60 Å². The fourth-order valence-electron chi connectivity index (χ4n) is 2.85. The van der Waals surface area contributed by atoms with Gasteiger partial charge in [0.2, 0.25) is 0 Å². The van der Waals surface area contributed by atoms with Crippen LogP contribution in [0, 0.1) is 5.41 Å². The minimum Gasteiger partial charge on any atom is -0.308 e. The smallest absolute Gasteiger partial charge is 0.308 e. The van der Waals surface area contributed by atoms with Gasteiger partial charge in [0.15, 0.2) is 0 Å². The Bertz CT molecular complexity index is 339. The highest BCUT2D eigenvalue weighted by atomic mass is 31.2. The van der Waals surface area contributed by atoms with Crippen molar-refractivity contribution >= 4 is 13.9 Å². The minimum absolute atomic E-state index is 0.300. The first-order valence-corrected chi connectivity index (χ1v) is 9.50. The van der Waals surface area contributed by atoms with E-state index in [-0.39, 0.29) is 0 Å². The second-order valence-electron chi connectivity index (χ2n) is 5.52. The van der Waals surface area contributed by atoms with Crippen LogP contribution < -0.4 is 0 Å². The molecule has 0 N–H and O–H groups in total. The van der Waals surface area contributed by atoms with Gasteiger partial charge in [-0.3, -0.25) is 9.46 Å². The van der Waals surface area contributed by atoms with Crippen LogP contribution in [-0.4, -0.2) is 44.3 Å². The molecule has 0 aromatic heterocycles. The van der Waals surface area contributed by atoms with Gasteiger partial charge < -0.3 is 13.8 Å². The van der Waals surface area contributed by atoms with Gasteiger partial charge in [-0.25, -0.2) is 0 Å². The van der Waals surface area contributed by atoms with Crippen LogP contribution in [0.15, 0.2) is 0 Å². The molecule has 0 saturated carbocycles. The van der Waals surface area contributed by atoms with Crippen LogP contribution in [0.1, 0.15) is 53.4 Å². The number of hydrogen-bond donors (Lipinski definition) is 0. The summed E-state index contributed by atoms with van der Waals surface area (Å²) in [5, 5.41) is 0. The third kappa shape index (κ3) is 5.17. The van der Waals surface area contributed by atoms with E-state index in [9.17, 15) is 9.36 Å². The van der Waals surface area contributed by atoms with Crippen LogP contribution in [0.4, 0.5) is 0 Å². The van der Waals surface area contributed by atoms with Crippen molar-refractivity contribution < 1.29 is 18.4 Å². The predicted octanol–water partition coefficient (Wildman–Crippen LogP) is 3.93. The van der Waals surface area contributed by atoms with Crippen molar-refractivity contribution in [1.29, 1.82) is 0 Å². The molecule has 0 spiro atoms. The zero-order valence-corrected chi connectivity index (χ0v) is 15.3. The zero-order valence-electron chi connectivity index (χ0n) is 14.4. The molecule has 0 aliphatic rings. The van der Waals surface area contributed by atoms with Gasteiger partial charge in [-0.2, -0.15) is 0 Å². The maximum atomic E-state index is 13.2. The molecule has 0 amide bonds. The molecule has 21 heavy (non-hydrogen) atoms. The van der Waals surface area contributed by atoms with Crippen LogP contribution in [0.2, 0.25) is 0 Å². The van der Waals surface area contributed by atoms with Gasteiger partial charge in [0.1, 0.15) is 12.1 Å². The first-order chi connectivity index (χ1) is 9.87. The Morgan fingerprint density at radius 3 is 1.95 bits per heavy atom. The summed E-state index contributed by atoms with van der Waals surface area (Å²) in [6, 6.07) is 0. The number of hydrogen-bond acceptors (Lipinski definition) is 5. The molecule has 6 heteroatoms. The van der Waals surface area contributed by atoms with Crippen molar-refractivity contribution in [2.75, 3.05) is 27.3 Å². The third-order valence-electron chi connectivity index (χ3n) is 3.81. The number of carbonyl (C=O) groups is 1. The maximum absolute atomic E-state index is 13.2. The number of unbranched alkanes of at least 4 members (excludes halogenated alkanes) is 1. The first-order valence-electron chi connectivity index (χ1n) is 7.88. The maximum Gasteiger partial charge on any atom is 0.348 e. The van der Waals surface area contributed by atoms with Crippen molar-refractivity contribution in [3.8, 4) is 0 Å². The van der Waals surface area contributed by atoms with E-state index in [1.807, 2.05) is 25.9 Å². The predicted molar refractivity (Wildman–Crippen MR) is 86.6 cm³/mol. The third-order valence-corrected chi connectivity index (χ3v) is 6.62. The van der Waals surface area contributed by atoms with Crippen molar-refractivity contribution in [2.24, 2.45) is 5.41 Å². The Balaban J connectivity index is 5.77. The molecule has 0 aliphatic heterocycles. The van der Waals surface area contributed by atoms with E-state index in [2.05, 4.69) is 6.92 Å². The summed E-state index contributed by atoms with van der Waals surface area (Å²) in [7, 11) is 0.271. The summed E-state index contributed by atoms with van der Waals surface area (Å²) in [6.45, 7) is 8.23. The molecule has 0 aliphatic carbocycles. The highest BCUT2D eigenvalue weighted by Crippen LogP contribution is 2.60. The van der Waals surface area contributed by atoms with Crippen molar-refractivity contribution in [1.82, 2.24) is 4.90 Å². The van der Waals surface area contributed by atoms with E-state index in [1.165, 1.54) is 0 Å². The lowest BCUT2D eigenvalue weighted by Gasteiger charge is -2.42. The second kappa shape index (κ2) is 9.73. The Morgan fingerprint density at radius 2 is 1.67 bits per heavy atom. The molecule has 2 atom stereocenters. The quantitative estimate of drug-likeness (QED) is 0.403. The summed E-state index contributed by atoms with van der Waals surface area (Å²) >= 11 is 0. The molecule has 0 heterocycles.